The average Bonchev–Trinajstić information content (AvgIpc) is 3.16. The van der Waals surface area contributed by atoms with Gasteiger partial charge in [-0.15, -0.1) is 0 Å². The van der Waals surface area contributed by atoms with Crippen LogP contribution in [0.4, 0.5) is 0 Å². The summed E-state index contributed by atoms with van der Waals surface area (Å²) in [7, 11) is 0. The molecule has 0 radical (unpaired) electrons. The smallest absolute Gasteiger partial charge is 0.144 e. The molecule has 3 heterocycles. The Morgan fingerprint density at radius 2 is 2.00 bits per heavy atom. The maximum absolute atomic E-state index is 9.62. The molecule has 1 aromatic carbocycles. The van der Waals surface area contributed by atoms with E-state index in [9.17, 15) is 5.11 Å². The normalized spacial score (nSPS) is 11.0. The maximum Gasteiger partial charge on any atom is 0.144 e. The number of thiophene rings is 1. The van der Waals surface area contributed by atoms with Crippen LogP contribution in [0.3, 0.4) is 0 Å². The molecule has 4 aromatic rings. The third-order valence-corrected chi connectivity index (χ3v) is 4.17. The molecule has 0 amide bonds. The fraction of sp³-hybridized carbons (Fsp3) is 0. The number of phenolic OH excluding ortho intramolecular Hbond substituents is 1. The second kappa shape index (κ2) is 4.75. The van der Waals surface area contributed by atoms with E-state index in [1.54, 1.807) is 23.5 Å². The Labute approximate surface area is 125 Å². The third kappa shape index (κ3) is 2.10. The van der Waals surface area contributed by atoms with Gasteiger partial charge in [0.1, 0.15) is 11.4 Å². The van der Waals surface area contributed by atoms with Crippen molar-refractivity contribution in [2.75, 3.05) is 0 Å². The van der Waals surface area contributed by atoms with E-state index in [1.165, 1.54) is 5.56 Å². The zero-order valence-electron chi connectivity index (χ0n) is 11.1. The minimum absolute atomic E-state index is 0.254. The predicted molar refractivity (Wildman–Crippen MR) is 86.0 cm³/mol. The predicted octanol–water partition coefficient (Wildman–Crippen LogP) is 4.46. The van der Waals surface area contributed by atoms with Crippen LogP contribution in [0.5, 0.6) is 5.75 Å². The number of fused-ring (bicyclic) bond motifs is 1. The van der Waals surface area contributed by atoms with E-state index in [-0.39, 0.29) is 5.75 Å². The minimum atomic E-state index is 0.254. The highest BCUT2D eigenvalue weighted by atomic mass is 32.1. The number of hydrogen-bond acceptors (Lipinski definition) is 3. The van der Waals surface area contributed by atoms with Crippen LogP contribution in [0.25, 0.3) is 27.8 Å². The minimum Gasteiger partial charge on any atom is -0.508 e. The van der Waals surface area contributed by atoms with E-state index >= 15 is 0 Å². The first-order valence-electron chi connectivity index (χ1n) is 6.60. The lowest BCUT2D eigenvalue weighted by atomic mass is 10.1. The zero-order valence-corrected chi connectivity index (χ0v) is 11.9. The van der Waals surface area contributed by atoms with Gasteiger partial charge in [-0.05, 0) is 46.7 Å². The molecule has 1 N–H and O–H groups in total. The summed E-state index contributed by atoms with van der Waals surface area (Å²) in [5, 5.41) is 14.9. The molecule has 0 atom stereocenters. The van der Waals surface area contributed by atoms with E-state index in [1.807, 2.05) is 35.2 Å². The molecule has 4 rings (SSSR count). The first-order chi connectivity index (χ1) is 10.3. The van der Waals surface area contributed by atoms with Crippen molar-refractivity contribution in [1.82, 2.24) is 9.55 Å². The second-order valence-electron chi connectivity index (χ2n) is 4.85. The average molecular weight is 292 g/mol. The monoisotopic (exact) mass is 292 g/mol. The molecule has 0 aliphatic rings. The van der Waals surface area contributed by atoms with Gasteiger partial charge in [0.05, 0.1) is 5.69 Å². The van der Waals surface area contributed by atoms with Crippen LogP contribution < -0.4 is 0 Å². The number of aromatic hydroxyl groups is 1. The van der Waals surface area contributed by atoms with Gasteiger partial charge in [-0.2, -0.15) is 11.3 Å². The van der Waals surface area contributed by atoms with Crippen LogP contribution in [0.15, 0.2) is 65.6 Å². The number of aromatic nitrogens is 2. The van der Waals surface area contributed by atoms with Gasteiger partial charge in [-0.25, -0.2) is 4.98 Å². The van der Waals surface area contributed by atoms with Gasteiger partial charge in [0.15, 0.2) is 0 Å². The Kier molecular flexibility index (Phi) is 2.75. The summed E-state index contributed by atoms with van der Waals surface area (Å²) < 4.78 is 1.98. The highest BCUT2D eigenvalue weighted by Gasteiger charge is 2.07. The van der Waals surface area contributed by atoms with E-state index in [4.69, 9.17) is 0 Å². The van der Waals surface area contributed by atoms with Gasteiger partial charge in [0.2, 0.25) is 0 Å². The van der Waals surface area contributed by atoms with Crippen molar-refractivity contribution < 1.29 is 5.11 Å². The van der Waals surface area contributed by atoms with Gasteiger partial charge < -0.3 is 9.67 Å². The van der Waals surface area contributed by atoms with Crippen LogP contribution in [-0.2, 0) is 0 Å². The molecule has 0 aliphatic heterocycles. The summed E-state index contributed by atoms with van der Waals surface area (Å²) in [5.74, 6) is 0.254. The Balaban J connectivity index is 1.86. The summed E-state index contributed by atoms with van der Waals surface area (Å²) in [4.78, 5) is 4.59. The molecule has 0 saturated carbocycles. The third-order valence-electron chi connectivity index (χ3n) is 3.49. The van der Waals surface area contributed by atoms with Crippen LogP contribution >= 0.6 is 11.3 Å². The number of benzene rings is 1. The summed E-state index contributed by atoms with van der Waals surface area (Å²) in [5.41, 5.74) is 4.11. The fourth-order valence-electron chi connectivity index (χ4n) is 2.46. The van der Waals surface area contributed by atoms with Gasteiger partial charge in [0, 0.05) is 29.4 Å². The summed E-state index contributed by atoms with van der Waals surface area (Å²) in [6.07, 6.45) is 3.87. The van der Waals surface area contributed by atoms with E-state index in [0.717, 1.165) is 22.3 Å². The lowest BCUT2D eigenvalue weighted by Gasteiger charge is -2.05. The second-order valence-corrected chi connectivity index (χ2v) is 5.63. The number of phenols is 1. The maximum atomic E-state index is 9.62. The molecular weight excluding hydrogens is 280 g/mol. The molecule has 21 heavy (non-hydrogen) atoms. The van der Waals surface area contributed by atoms with Crippen molar-refractivity contribution in [1.29, 1.82) is 0 Å². The molecule has 4 heteroatoms. The highest BCUT2D eigenvalue weighted by Crippen LogP contribution is 2.27. The molecule has 0 fully saturated rings. The van der Waals surface area contributed by atoms with Gasteiger partial charge in [0.25, 0.3) is 0 Å². The van der Waals surface area contributed by atoms with Crippen LogP contribution in [0, 0.1) is 0 Å². The first kappa shape index (κ1) is 12.2. The topological polar surface area (TPSA) is 38.0 Å². The Morgan fingerprint density at radius 3 is 2.81 bits per heavy atom. The SMILES string of the molecule is Oc1cccc(-n2ccc3cc(-c4ccsc4)cnc32)c1. The molecule has 0 saturated heterocycles. The van der Waals surface area contributed by atoms with Crippen molar-refractivity contribution >= 4 is 22.4 Å². The number of nitrogens with zero attached hydrogens (tertiary/aromatic N) is 2. The molecule has 102 valence electrons. The van der Waals surface area contributed by atoms with Gasteiger partial charge in [-0.3, -0.25) is 0 Å². The van der Waals surface area contributed by atoms with Crippen LogP contribution in [0.1, 0.15) is 0 Å². The van der Waals surface area contributed by atoms with Crippen molar-refractivity contribution in [3.8, 4) is 22.6 Å². The van der Waals surface area contributed by atoms with Crippen molar-refractivity contribution in [2.24, 2.45) is 0 Å². The standard InChI is InChI=1S/C17H12N2OS/c20-16-3-1-2-15(9-16)19-6-4-12-8-14(10-18-17(12)19)13-5-7-21-11-13/h1-11,20H. The Hall–Kier alpha value is -2.59. The molecule has 0 unspecified atom stereocenters. The molecule has 3 aromatic heterocycles. The number of rotatable bonds is 2. The molecule has 0 aliphatic carbocycles. The summed E-state index contributed by atoms with van der Waals surface area (Å²) in [6.45, 7) is 0. The number of hydrogen-bond donors (Lipinski definition) is 1. The van der Waals surface area contributed by atoms with E-state index in [2.05, 4.69) is 27.9 Å². The molecule has 0 spiro atoms. The van der Waals surface area contributed by atoms with E-state index < -0.39 is 0 Å². The van der Waals surface area contributed by atoms with Gasteiger partial charge >= 0.3 is 0 Å². The van der Waals surface area contributed by atoms with Crippen LogP contribution in [-0.4, -0.2) is 14.7 Å². The summed E-state index contributed by atoms with van der Waals surface area (Å²) >= 11 is 1.68. The van der Waals surface area contributed by atoms with Crippen molar-refractivity contribution in [2.45, 2.75) is 0 Å². The van der Waals surface area contributed by atoms with Crippen molar-refractivity contribution in [3.05, 3.63) is 65.6 Å². The Morgan fingerprint density at radius 1 is 1.05 bits per heavy atom. The van der Waals surface area contributed by atoms with Crippen molar-refractivity contribution in [3.63, 3.8) is 0 Å². The largest absolute Gasteiger partial charge is 0.508 e. The van der Waals surface area contributed by atoms with E-state index in [0.29, 0.717) is 0 Å². The lowest BCUT2D eigenvalue weighted by molar-refractivity contribution is 0.475. The summed E-state index contributed by atoms with van der Waals surface area (Å²) in [6, 6.07) is 13.5. The number of pyridine rings is 1. The van der Waals surface area contributed by atoms with Gasteiger partial charge in [-0.1, -0.05) is 6.07 Å². The zero-order chi connectivity index (χ0) is 14.2. The first-order valence-corrected chi connectivity index (χ1v) is 7.55. The fourth-order valence-corrected chi connectivity index (χ4v) is 3.13. The molecular formula is C17H12N2OS. The molecule has 0 bridgehead atoms. The highest BCUT2D eigenvalue weighted by molar-refractivity contribution is 7.08. The lowest BCUT2D eigenvalue weighted by Crippen LogP contribution is -1.93. The molecule has 3 nitrogen and oxygen atoms in total. The quantitative estimate of drug-likeness (QED) is 0.592. The van der Waals surface area contributed by atoms with Crippen LogP contribution in [0.2, 0.25) is 0 Å². The Bertz CT molecular complexity index is 910.